The predicted octanol–water partition coefficient (Wildman–Crippen LogP) is 8.45. The Morgan fingerprint density at radius 3 is 2.00 bits per heavy atom. The number of halogens is 2. The lowest BCUT2D eigenvalue weighted by Crippen LogP contribution is -2.20. The maximum absolute atomic E-state index is 14.2. The van der Waals surface area contributed by atoms with Gasteiger partial charge in [-0.25, -0.2) is 8.78 Å². The van der Waals surface area contributed by atoms with Crippen molar-refractivity contribution >= 4 is 0 Å². The van der Waals surface area contributed by atoms with Crippen LogP contribution < -0.4 is 0 Å². The van der Waals surface area contributed by atoms with Gasteiger partial charge in [0.25, 0.3) is 0 Å². The Morgan fingerprint density at radius 1 is 0.700 bits per heavy atom. The van der Waals surface area contributed by atoms with Crippen LogP contribution in [0.15, 0.2) is 42.6 Å². The van der Waals surface area contributed by atoms with E-state index in [-0.39, 0.29) is 6.42 Å². The van der Waals surface area contributed by atoms with Gasteiger partial charge in [0.1, 0.15) is 12.3 Å². The monoisotopic (exact) mass is 415 g/mol. The van der Waals surface area contributed by atoms with Crippen LogP contribution in [0.3, 0.4) is 0 Å². The van der Waals surface area contributed by atoms with Crippen LogP contribution in [0.25, 0.3) is 11.3 Å². The summed E-state index contributed by atoms with van der Waals surface area (Å²) in [5, 5.41) is 0. The van der Waals surface area contributed by atoms with Crippen molar-refractivity contribution in [1.82, 2.24) is 4.98 Å². The first-order chi connectivity index (χ1) is 14.6. The standard InChI is InChI=1S/C27H39F2N/c1-3-5-7-8-9-11-12-22-14-17-24(18-15-22)27-19-16-23(21-30-27)20-26(29)25(28)13-10-6-4-2/h14-19,21,25-26H,3-13,20H2,1-2H3/t25-,26-/m0/s1. The minimum absolute atomic E-state index is 0.0950. The first-order valence-corrected chi connectivity index (χ1v) is 12.0. The number of hydrogen-bond acceptors (Lipinski definition) is 1. The number of nitrogens with zero attached hydrogens (tertiary/aromatic N) is 1. The maximum Gasteiger partial charge on any atom is 0.135 e. The summed E-state index contributed by atoms with van der Waals surface area (Å²) in [6, 6.07) is 12.4. The number of unbranched alkanes of at least 4 members (excludes halogenated alkanes) is 7. The Balaban J connectivity index is 1.80. The largest absolute Gasteiger partial charge is 0.256 e. The van der Waals surface area contributed by atoms with Crippen molar-refractivity contribution in [2.75, 3.05) is 0 Å². The van der Waals surface area contributed by atoms with Gasteiger partial charge in [-0.2, -0.15) is 0 Å². The zero-order valence-electron chi connectivity index (χ0n) is 18.9. The molecule has 0 amide bonds. The molecule has 1 nitrogen and oxygen atoms in total. The van der Waals surface area contributed by atoms with E-state index >= 15 is 0 Å². The summed E-state index contributed by atoms with van der Waals surface area (Å²) >= 11 is 0. The van der Waals surface area contributed by atoms with Crippen LogP contribution in [0.5, 0.6) is 0 Å². The van der Waals surface area contributed by atoms with Gasteiger partial charge in [0, 0.05) is 18.2 Å². The van der Waals surface area contributed by atoms with Crippen molar-refractivity contribution in [3.05, 3.63) is 53.7 Å². The van der Waals surface area contributed by atoms with E-state index in [1.807, 2.05) is 12.1 Å². The molecule has 3 heteroatoms. The molecule has 0 radical (unpaired) electrons. The molecule has 0 spiro atoms. The lowest BCUT2D eigenvalue weighted by molar-refractivity contribution is 0.154. The lowest BCUT2D eigenvalue weighted by atomic mass is 10.0. The SMILES string of the molecule is CCCCCCCCc1ccc(-c2ccc(C[C@H](F)[C@@H](F)CCCCC)cn2)cc1. The van der Waals surface area contributed by atoms with Gasteiger partial charge in [0.2, 0.25) is 0 Å². The molecule has 30 heavy (non-hydrogen) atoms. The van der Waals surface area contributed by atoms with Crippen molar-refractivity contribution in [1.29, 1.82) is 0 Å². The van der Waals surface area contributed by atoms with Gasteiger partial charge in [-0.3, -0.25) is 4.98 Å². The number of aryl methyl sites for hydroxylation is 1. The number of pyridine rings is 1. The van der Waals surface area contributed by atoms with E-state index in [2.05, 4.69) is 43.1 Å². The fraction of sp³-hybridized carbons (Fsp3) is 0.593. The molecule has 1 heterocycles. The topological polar surface area (TPSA) is 12.9 Å². The van der Waals surface area contributed by atoms with E-state index in [1.54, 1.807) is 6.20 Å². The predicted molar refractivity (Wildman–Crippen MR) is 124 cm³/mol. The second-order valence-corrected chi connectivity index (χ2v) is 8.50. The first-order valence-electron chi connectivity index (χ1n) is 12.0. The van der Waals surface area contributed by atoms with Crippen molar-refractivity contribution in [3.63, 3.8) is 0 Å². The van der Waals surface area contributed by atoms with E-state index in [4.69, 9.17) is 0 Å². The van der Waals surface area contributed by atoms with E-state index < -0.39 is 12.3 Å². The minimum atomic E-state index is -1.45. The second kappa shape index (κ2) is 14.3. The lowest BCUT2D eigenvalue weighted by Gasteiger charge is -2.13. The van der Waals surface area contributed by atoms with Gasteiger partial charge in [-0.15, -0.1) is 0 Å². The zero-order chi connectivity index (χ0) is 21.6. The fourth-order valence-corrected chi connectivity index (χ4v) is 3.79. The van der Waals surface area contributed by atoms with Crippen molar-refractivity contribution in [2.24, 2.45) is 0 Å². The highest BCUT2D eigenvalue weighted by Gasteiger charge is 2.20. The zero-order valence-corrected chi connectivity index (χ0v) is 18.9. The molecule has 1 aromatic carbocycles. The summed E-state index contributed by atoms with van der Waals surface area (Å²) in [5.74, 6) is 0. The number of rotatable bonds is 15. The third-order valence-electron chi connectivity index (χ3n) is 5.80. The molecule has 2 aromatic rings. The van der Waals surface area contributed by atoms with Crippen molar-refractivity contribution < 1.29 is 8.78 Å². The van der Waals surface area contributed by atoms with Crippen LogP contribution in [0.2, 0.25) is 0 Å². The average Bonchev–Trinajstić information content (AvgIpc) is 2.77. The molecule has 1 aromatic heterocycles. The van der Waals surface area contributed by atoms with Gasteiger partial charge in [-0.1, -0.05) is 95.5 Å². The van der Waals surface area contributed by atoms with E-state index in [0.717, 1.165) is 42.5 Å². The van der Waals surface area contributed by atoms with E-state index in [1.165, 1.54) is 44.1 Å². The third-order valence-corrected chi connectivity index (χ3v) is 5.80. The summed E-state index contributed by atoms with van der Waals surface area (Å²) in [6.45, 7) is 4.31. The Kier molecular flexibility index (Phi) is 11.7. The molecule has 0 aliphatic heterocycles. The average molecular weight is 416 g/mol. The van der Waals surface area contributed by atoms with Crippen molar-refractivity contribution in [3.8, 4) is 11.3 Å². The molecule has 2 atom stereocenters. The van der Waals surface area contributed by atoms with Crippen LogP contribution in [-0.4, -0.2) is 17.3 Å². The molecule has 0 fully saturated rings. The number of hydrogen-bond donors (Lipinski definition) is 0. The second-order valence-electron chi connectivity index (χ2n) is 8.50. The molecule has 2 rings (SSSR count). The Bertz CT molecular complexity index is 681. The molecular weight excluding hydrogens is 376 g/mol. The van der Waals surface area contributed by atoms with Gasteiger partial charge in [0.15, 0.2) is 0 Å². The molecule has 0 bridgehead atoms. The molecule has 0 saturated heterocycles. The van der Waals surface area contributed by atoms with Crippen LogP contribution in [0.1, 0.15) is 89.2 Å². The van der Waals surface area contributed by atoms with Crippen LogP contribution in [-0.2, 0) is 12.8 Å². The van der Waals surface area contributed by atoms with Gasteiger partial charge in [0.05, 0.1) is 5.69 Å². The smallest absolute Gasteiger partial charge is 0.135 e. The van der Waals surface area contributed by atoms with Crippen molar-refractivity contribution in [2.45, 2.75) is 103 Å². The van der Waals surface area contributed by atoms with E-state index in [0.29, 0.717) is 6.42 Å². The quantitative estimate of drug-likeness (QED) is 0.266. The summed E-state index contributed by atoms with van der Waals surface area (Å²) < 4.78 is 28.1. The van der Waals surface area contributed by atoms with E-state index in [9.17, 15) is 8.78 Å². The maximum atomic E-state index is 14.2. The molecule has 0 saturated carbocycles. The number of alkyl halides is 2. The molecule has 0 unspecified atom stereocenters. The summed E-state index contributed by atoms with van der Waals surface area (Å²) in [5.41, 5.74) is 4.06. The number of benzene rings is 1. The molecular formula is C27H39F2N. The number of aromatic nitrogens is 1. The first kappa shape index (κ1) is 24.5. The Morgan fingerprint density at radius 2 is 1.33 bits per heavy atom. The van der Waals surface area contributed by atoms with Gasteiger partial charge < -0.3 is 0 Å². The van der Waals surface area contributed by atoms with Crippen LogP contribution in [0.4, 0.5) is 8.78 Å². The third kappa shape index (κ3) is 8.93. The summed E-state index contributed by atoms with van der Waals surface area (Å²) in [4.78, 5) is 4.48. The Hall–Kier alpha value is -1.77. The summed E-state index contributed by atoms with van der Waals surface area (Å²) in [7, 11) is 0. The highest BCUT2D eigenvalue weighted by atomic mass is 19.2. The highest BCUT2D eigenvalue weighted by molar-refractivity contribution is 5.59. The normalized spacial score (nSPS) is 13.3. The van der Waals surface area contributed by atoms with Crippen LogP contribution >= 0.6 is 0 Å². The fourth-order valence-electron chi connectivity index (χ4n) is 3.79. The molecule has 0 aliphatic carbocycles. The molecule has 0 N–H and O–H groups in total. The summed E-state index contributed by atoms with van der Waals surface area (Å²) in [6.07, 6.45) is 11.0. The van der Waals surface area contributed by atoms with Gasteiger partial charge >= 0.3 is 0 Å². The molecule has 0 aliphatic rings. The Labute approximate surface area is 182 Å². The minimum Gasteiger partial charge on any atom is -0.256 e. The molecule has 166 valence electrons. The van der Waals surface area contributed by atoms with Crippen LogP contribution in [0, 0.1) is 0 Å². The van der Waals surface area contributed by atoms with Gasteiger partial charge in [-0.05, 0) is 36.5 Å². The highest BCUT2D eigenvalue weighted by Crippen LogP contribution is 2.21.